The Balaban J connectivity index is 1.78. The number of para-hydroxylation sites is 1. The summed E-state index contributed by atoms with van der Waals surface area (Å²) < 4.78 is 27.3. The van der Waals surface area contributed by atoms with E-state index in [1.807, 2.05) is 30.3 Å². The molecule has 156 valence electrons. The van der Waals surface area contributed by atoms with Crippen LogP contribution >= 0.6 is 0 Å². The van der Waals surface area contributed by atoms with Crippen molar-refractivity contribution in [1.29, 1.82) is 0 Å². The number of benzene rings is 2. The van der Waals surface area contributed by atoms with Gasteiger partial charge in [0.1, 0.15) is 0 Å². The van der Waals surface area contributed by atoms with Gasteiger partial charge < -0.3 is 10.6 Å². The highest BCUT2D eigenvalue weighted by molar-refractivity contribution is 7.92. The van der Waals surface area contributed by atoms with Gasteiger partial charge in [0.2, 0.25) is 15.9 Å². The molecule has 0 aliphatic heterocycles. The quantitative estimate of drug-likeness (QED) is 0.533. The molecule has 0 aliphatic carbocycles. The van der Waals surface area contributed by atoms with Crippen molar-refractivity contribution >= 4 is 33.2 Å². The number of carbonyl (C=O) groups excluding carboxylic acids is 2. The van der Waals surface area contributed by atoms with Crippen molar-refractivity contribution in [2.24, 2.45) is 0 Å². The molecule has 1 heterocycles. The zero-order valence-corrected chi connectivity index (χ0v) is 17.2. The molecule has 0 aliphatic rings. The van der Waals surface area contributed by atoms with Crippen LogP contribution in [0.25, 0.3) is 5.69 Å². The number of anilines is 2. The second kappa shape index (κ2) is 8.78. The molecule has 0 spiro atoms. The van der Waals surface area contributed by atoms with Gasteiger partial charge >= 0.3 is 0 Å². The van der Waals surface area contributed by atoms with E-state index in [1.54, 1.807) is 17.1 Å². The third kappa shape index (κ3) is 5.67. The van der Waals surface area contributed by atoms with Gasteiger partial charge in [0.05, 0.1) is 29.4 Å². The molecular formula is C20H21N5O4S. The van der Waals surface area contributed by atoms with Crippen molar-refractivity contribution in [2.45, 2.75) is 13.5 Å². The first-order valence-corrected chi connectivity index (χ1v) is 10.9. The predicted molar refractivity (Wildman–Crippen MR) is 114 cm³/mol. The minimum atomic E-state index is -3.59. The van der Waals surface area contributed by atoms with Crippen LogP contribution in [0.2, 0.25) is 0 Å². The Labute approximate surface area is 174 Å². The van der Waals surface area contributed by atoms with E-state index in [-0.39, 0.29) is 23.7 Å². The van der Waals surface area contributed by atoms with Crippen LogP contribution in [0.3, 0.4) is 0 Å². The Morgan fingerprint density at radius 1 is 1.10 bits per heavy atom. The van der Waals surface area contributed by atoms with E-state index in [2.05, 4.69) is 20.5 Å². The lowest BCUT2D eigenvalue weighted by Crippen LogP contribution is -2.25. The molecule has 3 N–H and O–H groups in total. The lowest BCUT2D eigenvalue weighted by Gasteiger charge is -2.13. The molecule has 10 heteroatoms. The molecule has 0 saturated carbocycles. The van der Waals surface area contributed by atoms with E-state index in [1.165, 1.54) is 25.1 Å². The van der Waals surface area contributed by atoms with E-state index in [9.17, 15) is 18.0 Å². The van der Waals surface area contributed by atoms with Crippen molar-refractivity contribution in [3.8, 4) is 5.69 Å². The zero-order chi connectivity index (χ0) is 21.7. The summed E-state index contributed by atoms with van der Waals surface area (Å²) in [5, 5.41) is 9.60. The summed E-state index contributed by atoms with van der Waals surface area (Å²) >= 11 is 0. The van der Waals surface area contributed by atoms with Gasteiger partial charge in [0, 0.05) is 30.9 Å². The Hall–Kier alpha value is -3.66. The second-order valence-corrected chi connectivity index (χ2v) is 8.38. The number of hydrogen-bond acceptors (Lipinski definition) is 5. The van der Waals surface area contributed by atoms with E-state index in [0.29, 0.717) is 5.69 Å². The molecule has 9 nitrogen and oxygen atoms in total. The summed E-state index contributed by atoms with van der Waals surface area (Å²) in [6, 6.07) is 13.9. The maximum atomic E-state index is 12.8. The summed E-state index contributed by atoms with van der Waals surface area (Å²) in [5.74, 6) is -0.806. The monoisotopic (exact) mass is 427 g/mol. The van der Waals surface area contributed by atoms with Gasteiger partial charge in [-0.05, 0) is 30.3 Å². The first kappa shape index (κ1) is 21.1. The van der Waals surface area contributed by atoms with Crippen molar-refractivity contribution < 1.29 is 18.0 Å². The van der Waals surface area contributed by atoms with E-state index >= 15 is 0 Å². The Morgan fingerprint density at radius 3 is 2.50 bits per heavy atom. The van der Waals surface area contributed by atoms with Gasteiger partial charge in [-0.2, -0.15) is 5.10 Å². The van der Waals surface area contributed by atoms with Crippen molar-refractivity contribution in [1.82, 2.24) is 15.1 Å². The average Bonchev–Trinajstić information content (AvgIpc) is 3.15. The molecule has 2 amide bonds. The number of nitrogens with one attached hydrogen (secondary N) is 3. The SMILES string of the molecule is CC(=O)Nc1ccc(NS(C)(=O)=O)c(C(=O)NCc2cnn(-c3ccccc3)c2)c1. The molecule has 0 unspecified atom stereocenters. The molecule has 0 saturated heterocycles. The normalized spacial score (nSPS) is 11.0. The van der Waals surface area contributed by atoms with Crippen LogP contribution in [0, 0.1) is 0 Å². The molecule has 0 fully saturated rings. The molecule has 0 atom stereocenters. The van der Waals surface area contributed by atoms with Gasteiger partial charge in [-0.25, -0.2) is 13.1 Å². The summed E-state index contributed by atoms with van der Waals surface area (Å²) in [5.41, 5.74) is 2.23. The third-order valence-electron chi connectivity index (χ3n) is 3.99. The van der Waals surface area contributed by atoms with Crippen molar-refractivity contribution in [2.75, 3.05) is 16.3 Å². The largest absolute Gasteiger partial charge is 0.348 e. The number of carbonyl (C=O) groups is 2. The lowest BCUT2D eigenvalue weighted by atomic mass is 10.1. The minimum absolute atomic E-state index is 0.0853. The van der Waals surface area contributed by atoms with E-state index < -0.39 is 15.9 Å². The molecule has 3 aromatic rings. The maximum absolute atomic E-state index is 12.8. The van der Waals surface area contributed by atoms with Gasteiger partial charge in [-0.3, -0.25) is 14.3 Å². The number of sulfonamides is 1. The Bertz CT molecular complexity index is 1170. The fourth-order valence-electron chi connectivity index (χ4n) is 2.75. The molecule has 0 radical (unpaired) electrons. The van der Waals surface area contributed by atoms with E-state index in [4.69, 9.17) is 0 Å². The zero-order valence-electron chi connectivity index (χ0n) is 16.4. The topological polar surface area (TPSA) is 122 Å². The highest BCUT2D eigenvalue weighted by Gasteiger charge is 2.16. The van der Waals surface area contributed by atoms with Gasteiger partial charge in [0.25, 0.3) is 5.91 Å². The molecular weight excluding hydrogens is 406 g/mol. The molecule has 0 bridgehead atoms. The number of rotatable bonds is 7. The Morgan fingerprint density at radius 2 is 1.83 bits per heavy atom. The van der Waals surface area contributed by atoms with Gasteiger partial charge in [-0.1, -0.05) is 18.2 Å². The number of nitrogens with zero attached hydrogens (tertiary/aromatic N) is 2. The molecule has 30 heavy (non-hydrogen) atoms. The standard InChI is InChI=1S/C20H21N5O4S/c1-14(26)23-16-8-9-19(24-30(2,28)29)18(10-16)20(27)21-11-15-12-22-25(13-15)17-6-4-3-5-7-17/h3-10,12-13,24H,11H2,1-2H3,(H,21,27)(H,23,26). The summed E-state index contributed by atoms with van der Waals surface area (Å²) in [4.78, 5) is 24.1. The van der Waals surface area contributed by atoms with Crippen LogP contribution in [0.5, 0.6) is 0 Å². The molecule has 1 aromatic heterocycles. The third-order valence-corrected chi connectivity index (χ3v) is 4.58. The molecule has 2 aromatic carbocycles. The van der Waals surface area contributed by atoms with Crippen LogP contribution < -0.4 is 15.4 Å². The smallest absolute Gasteiger partial charge is 0.253 e. The molecule has 3 rings (SSSR count). The van der Waals surface area contributed by atoms with Gasteiger partial charge in [0.15, 0.2) is 0 Å². The fraction of sp³-hybridized carbons (Fsp3) is 0.150. The number of amides is 2. The first-order valence-electron chi connectivity index (χ1n) is 8.98. The van der Waals surface area contributed by atoms with Crippen LogP contribution in [0.15, 0.2) is 60.9 Å². The van der Waals surface area contributed by atoms with Crippen LogP contribution in [0.1, 0.15) is 22.8 Å². The van der Waals surface area contributed by atoms with Crippen molar-refractivity contribution in [3.63, 3.8) is 0 Å². The highest BCUT2D eigenvalue weighted by Crippen LogP contribution is 2.22. The van der Waals surface area contributed by atoms with Crippen LogP contribution in [-0.4, -0.2) is 36.3 Å². The summed E-state index contributed by atoms with van der Waals surface area (Å²) in [6.07, 6.45) is 4.42. The van der Waals surface area contributed by atoms with E-state index in [0.717, 1.165) is 17.5 Å². The fourth-order valence-corrected chi connectivity index (χ4v) is 3.33. The lowest BCUT2D eigenvalue weighted by molar-refractivity contribution is -0.114. The number of hydrogen-bond donors (Lipinski definition) is 3. The number of aromatic nitrogens is 2. The second-order valence-electron chi connectivity index (χ2n) is 6.63. The highest BCUT2D eigenvalue weighted by atomic mass is 32.2. The summed E-state index contributed by atoms with van der Waals surface area (Å²) in [7, 11) is -3.59. The predicted octanol–water partition coefficient (Wildman–Crippen LogP) is 2.13. The maximum Gasteiger partial charge on any atom is 0.253 e. The first-order chi connectivity index (χ1) is 14.2. The minimum Gasteiger partial charge on any atom is -0.348 e. The van der Waals surface area contributed by atoms with Crippen molar-refractivity contribution in [3.05, 3.63) is 72.1 Å². The Kier molecular flexibility index (Phi) is 6.17. The van der Waals surface area contributed by atoms with Crippen LogP contribution in [0.4, 0.5) is 11.4 Å². The summed E-state index contributed by atoms with van der Waals surface area (Å²) in [6.45, 7) is 1.53. The average molecular weight is 427 g/mol. The van der Waals surface area contributed by atoms with Gasteiger partial charge in [-0.15, -0.1) is 0 Å². The van der Waals surface area contributed by atoms with Crippen LogP contribution in [-0.2, 0) is 21.4 Å².